The first-order chi connectivity index (χ1) is 8.71. The van der Waals surface area contributed by atoms with Crippen molar-refractivity contribution >= 4 is 27.8 Å². The van der Waals surface area contributed by atoms with Crippen LogP contribution in [-0.4, -0.2) is 34.2 Å². The first-order valence-electron chi connectivity index (χ1n) is 5.70. The number of benzene rings is 1. The van der Waals surface area contributed by atoms with Gasteiger partial charge in [0.25, 0.3) is 5.91 Å². The number of hydrogen-bond acceptors (Lipinski definition) is 3. The highest BCUT2D eigenvalue weighted by Crippen LogP contribution is 2.18. The molecule has 0 radical (unpaired) electrons. The minimum atomic E-state index is -1.47. The maximum absolute atomic E-state index is 12.0. The largest absolute Gasteiger partial charge is 0.481 e. The molecule has 6 heteroatoms. The molecule has 1 atom stereocenters. The maximum atomic E-state index is 12.0. The van der Waals surface area contributed by atoms with Gasteiger partial charge in [0.2, 0.25) is 0 Å². The lowest BCUT2D eigenvalue weighted by molar-refractivity contribution is -0.141. The second kappa shape index (κ2) is 6.16. The van der Waals surface area contributed by atoms with E-state index in [2.05, 4.69) is 21.2 Å². The molecule has 1 aromatic rings. The predicted molar refractivity (Wildman–Crippen MR) is 74.1 cm³/mol. The van der Waals surface area contributed by atoms with Crippen molar-refractivity contribution in [3.05, 3.63) is 33.8 Å². The molecule has 19 heavy (non-hydrogen) atoms. The molecule has 0 heterocycles. The normalized spacial score (nSPS) is 13.7. The van der Waals surface area contributed by atoms with Crippen LogP contribution in [0.25, 0.3) is 0 Å². The highest BCUT2D eigenvalue weighted by atomic mass is 79.9. The molecule has 0 spiro atoms. The number of carbonyl (C=O) groups excluding carboxylic acids is 1. The van der Waals surface area contributed by atoms with Crippen LogP contribution >= 0.6 is 15.9 Å². The number of aliphatic carboxylic acids is 1. The number of carboxylic acids is 1. The maximum Gasteiger partial charge on any atom is 0.306 e. The fraction of sp³-hybridized carbons (Fsp3) is 0.385. The monoisotopic (exact) mass is 329 g/mol. The average Bonchev–Trinajstić information content (AvgIpc) is 2.27. The quantitative estimate of drug-likeness (QED) is 0.767. The molecule has 0 saturated heterocycles. The molecule has 0 fully saturated rings. The van der Waals surface area contributed by atoms with Gasteiger partial charge in [-0.2, -0.15) is 0 Å². The van der Waals surface area contributed by atoms with E-state index in [-0.39, 0.29) is 12.5 Å². The van der Waals surface area contributed by atoms with Crippen LogP contribution in [0.15, 0.2) is 22.7 Å². The van der Waals surface area contributed by atoms with E-state index in [1.54, 1.807) is 12.1 Å². The topological polar surface area (TPSA) is 86.6 Å². The van der Waals surface area contributed by atoms with Crippen molar-refractivity contribution in [2.45, 2.75) is 25.9 Å². The zero-order valence-electron chi connectivity index (χ0n) is 10.7. The Morgan fingerprint density at radius 1 is 1.42 bits per heavy atom. The van der Waals surface area contributed by atoms with Gasteiger partial charge in [-0.3, -0.25) is 9.59 Å². The van der Waals surface area contributed by atoms with E-state index in [9.17, 15) is 14.7 Å². The molecule has 0 aliphatic rings. The summed E-state index contributed by atoms with van der Waals surface area (Å²) >= 11 is 3.27. The Bertz CT molecular complexity index is 499. The van der Waals surface area contributed by atoms with E-state index in [1.165, 1.54) is 6.92 Å². The van der Waals surface area contributed by atoms with Gasteiger partial charge in [-0.1, -0.05) is 11.6 Å². The van der Waals surface area contributed by atoms with Gasteiger partial charge in [-0.05, 0) is 41.9 Å². The lowest BCUT2D eigenvalue weighted by Crippen LogP contribution is -2.42. The van der Waals surface area contributed by atoms with Crippen molar-refractivity contribution in [1.29, 1.82) is 0 Å². The van der Waals surface area contributed by atoms with Gasteiger partial charge in [0.15, 0.2) is 0 Å². The van der Waals surface area contributed by atoms with Crippen molar-refractivity contribution in [3.8, 4) is 0 Å². The standard InChI is InChI=1S/C13H16BrNO4/c1-8-3-4-10(14)9(5-8)12(18)15-7-13(2,19)6-11(16)17/h3-5,19H,6-7H2,1-2H3,(H,15,18)(H,16,17). The van der Waals surface area contributed by atoms with Gasteiger partial charge in [-0.25, -0.2) is 0 Å². The van der Waals surface area contributed by atoms with Gasteiger partial charge >= 0.3 is 5.97 Å². The number of nitrogens with one attached hydrogen (secondary N) is 1. The minimum absolute atomic E-state index is 0.126. The Kier molecular flexibility index (Phi) is 5.08. The summed E-state index contributed by atoms with van der Waals surface area (Å²) in [6.07, 6.45) is -0.428. The van der Waals surface area contributed by atoms with Crippen LogP contribution in [0.1, 0.15) is 29.3 Å². The fourth-order valence-electron chi connectivity index (χ4n) is 1.57. The molecule has 1 rings (SSSR count). The average molecular weight is 330 g/mol. The SMILES string of the molecule is Cc1ccc(Br)c(C(=O)NCC(C)(O)CC(=O)O)c1. The number of amides is 1. The van der Waals surface area contributed by atoms with Crippen molar-refractivity contribution < 1.29 is 19.8 Å². The Hall–Kier alpha value is -1.40. The van der Waals surface area contributed by atoms with Crippen LogP contribution in [-0.2, 0) is 4.79 Å². The molecule has 3 N–H and O–H groups in total. The zero-order chi connectivity index (χ0) is 14.6. The number of carbonyl (C=O) groups is 2. The summed E-state index contributed by atoms with van der Waals surface area (Å²) in [5.41, 5.74) is -0.0885. The molecule has 5 nitrogen and oxygen atoms in total. The summed E-state index contributed by atoms with van der Waals surface area (Å²) < 4.78 is 0.647. The van der Waals surface area contributed by atoms with Crippen LogP contribution in [0.5, 0.6) is 0 Å². The van der Waals surface area contributed by atoms with Crippen LogP contribution in [0, 0.1) is 6.92 Å². The summed E-state index contributed by atoms with van der Waals surface area (Å²) in [5, 5.41) is 21.0. The summed E-state index contributed by atoms with van der Waals surface area (Å²) in [5.74, 6) is -1.47. The molecule has 1 aromatic carbocycles. The minimum Gasteiger partial charge on any atom is -0.481 e. The molecule has 1 amide bonds. The number of hydrogen-bond donors (Lipinski definition) is 3. The molecular formula is C13H16BrNO4. The van der Waals surface area contributed by atoms with Crippen molar-refractivity contribution in [3.63, 3.8) is 0 Å². The molecule has 104 valence electrons. The van der Waals surface area contributed by atoms with Crippen molar-refractivity contribution in [2.75, 3.05) is 6.54 Å². The number of aryl methyl sites for hydroxylation is 1. The van der Waals surface area contributed by atoms with Gasteiger partial charge in [0, 0.05) is 11.0 Å². The van der Waals surface area contributed by atoms with E-state index in [1.807, 2.05) is 13.0 Å². The Balaban J connectivity index is 2.70. The van der Waals surface area contributed by atoms with Crippen LogP contribution in [0.2, 0.25) is 0 Å². The molecule has 0 aliphatic carbocycles. The fourth-order valence-corrected chi connectivity index (χ4v) is 1.99. The van der Waals surface area contributed by atoms with Gasteiger partial charge in [0.1, 0.15) is 0 Å². The summed E-state index contributed by atoms with van der Waals surface area (Å²) in [6, 6.07) is 5.34. The zero-order valence-corrected chi connectivity index (χ0v) is 12.3. The molecular weight excluding hydrogens is 314 g/mol. The van der Waals surface area contributed by atoms with Crippen LogP contribution in [0.4, 0.5) is 0 Å². The molecule has 0 aliphatic heterocycles. The van der Waals surface area contributed by atoms with E-state index < -0.39 is 18.0 Å². The van der Waals surface area contributed by atoms with Gasteiger partial charge in [0.05, 0.1) is 17.6 Å². The number of halogens is 1. The third kappa shape index (κ3) is 5.00. The number of carboxylic acid groups (broad SMARTS) is 1. The highest BCUT2D eigenvalue weighted by Gasteiger charge is 2.25. The van der Waals surface area contributed by atoms with Crippen molar-refractivity contribution in [1.82, 2.24) is 5.32 Å². The Labute approximate surface area is 119 Å². The molecule has 0 saturated carbocycles. The molecule has 0 aromatic heterocycles. The van der Waals surface area contributed by atoms with Crippen molar-refractivity contribution in [2.24, 2.45) is 0 Å². The third-order valence-corrected chi connectivity index (χ3v) is 3.22. The van der Waals surface area contributed by atoms with Crippen LogP contribution < -0.4 is 5.32 Å². The van der Waals surface area contributed by atoms with E-state index in [0.29, 0.717) is 10.0 Å². The first-order valence-corrected chi connectivity index (χ1v) is 6.49. The Morgan fingerprint density at radius 2 is 2.05 bits per heavy atom. The summed E-state index contributed by atoms with van der Waals surface area (Å²) in [7, 11) is 0. The van der Waals surface area contributed by atoms with E-state index in [4.69, 9.17) is 5.11 Å². The number of rotatable bonds is 5. The molecule has 0 bridgehead atoms. The molecule has 1 unspecified atom stereocenters. The summed E-state index contributed by atoms with van der Waals surface area (Å²) in [4.78, 5) is 22.5. The van der Waals surface area contributed by atoms with E-state index in [0.717, 1.165) is 5.56 Å². The second-order valence-electron chi connectivity index (χ2n) is 4.73. The third-order valence-electron chi connectivity index (χ3n) is 2.53. The van der Waals surface area contributed by atoms with Gasteiger partial charge in [-0.15, -0.1) is 0 Å². The predicted octanol–water partition coefficient (Wildman–Crippen LogP) is 1.71. The Morgan fingerprint density at radius 3 is 2.63 bits per heavy atom. The van der Waals surface area contributed by atoms with Gasteiger partial charge < -0.3 is 15.5 Å². The number of aliphatic hydroxyl groups is 1. The summed E-state index contributed by atoms with van der Waals surface area (Å²) in [6.45, 7) is 3.11. The first kappa shape index (κ1) is 15.7. The smallest absolute Gasteiger partial charge is 0.306 e. The lowest BCUT2D eigenvalue weighted by Gasteiger charge is -2.21. The highest BCUT2D eigenvalue weighted by molar-refractivity contribution is 9.10. The van der Waals surface area contributed by atoms with E-state index >= 15 is 0 Å². The lowest BCUT2D eigenvalue weighted by atomic mass is 10.0. The second-order valence-corrected chi connectivity index (χ2v) is 5.59. The van der Waals surface area contributed by atoms with Crippen LogP contribution in [0.3, 0.4) is 0 Å².